The lowest BCUT2D eigenvalue weighted by molar-refractivity contribution is 0.581. The number of nitriles is 1. The van der Waals surface area contributed by atoms with Crippen LogP contribution >= 0.6 is 0 Å². The fourth-order valence-corrected chi connectivity index (χ4v) is 1.56. The van der Waals surface area contributed by atoms with Gasteiger partial charge in [0, 0.05) is 12.4 Å². The van der Waals surface area contributed by atoms with Gasteiger partial charge in [-0.3, -0.25) is 4.98 Å². The molecular formula is C8H9N3O2S. The van der Waals surface area contributed by atoms with E-state index >= 15 is 0 Å². The van der Waals surface area contributed by atoms with E-state index in [1.165, 1.54) is 12.4 Å². The summed E-state index contributed by atoms with van der Waals surface area (Å²) < 4.78 is 24.0. The summed E-state index contributed by atoms with van der Waals surface area (Å²) in [4.78, 5) is 3.77. The third-order valence-corrected chi connectivity index (χ3v) is 2.16. The maximum Gasteiger partial charge on any atom is 0.210 e. The molecule has 74 valence electrons. The van der Waals surface area contributed by atoms with Gasteiger partial charge in [0.05, 0.1) is 12.3 Å². The number of rotatable bonds is 3. The summed E-state index contributed by atoms with van der Waals surface area (Å²) in [5.74, 6) is 0. The standard InChI is InChI=1S/C8H9N3O2S/c1-14(12,13)11-8(6-9)7-2-4-10-5-3-7/h2-5,8,11H,1H3. The minimum atomic E-state index is -3.38. The average Bonchev–Trinajstić information content (AvgIpc) is 2.14. The molecule has 0 fully saturated rings. The number of aromatic nitrogens is 1. The number of sulfonamides is 1. The van der Waals surface area contributed by atoms with Gasteiger partial charge in [0.15, 0.2) is 0 Å². The van der Waals surface area contributed by atoms with Crippen LogP contribution in [-0.2, 0) is 10.0 Å². The van der Waals surface area contributed by atoms with E-state index in [2.05, 4.69) is 9.71 Å². The van der Waals surface area contributed by atoms with E-state index in [0.717, 1.165) is 6.26 Å². The first kappa shape index (κ1) is 10.6. The van der Waals surface area contributed by atoms with Gasteiger partial charge in [-0.15, -0.1) is 0 Å². The average molecular weight is 211 g/mol. The normalized spacial score (nSPS) is 13.1. The van der Waals surface area contributed by atoms with Crippen LogP contribution in [0.25, 0.3) is 0 Å². The Bertz CT molecular complexity index is 435. The highest BCUT2D eigenvalue weighted by Crippen LogP contribution is 2.10. The predicted molar refractivity (Wildman–Crippen MR) is 50.6 cm³/mol. The Morgan fingerprint density at radius 2 is 2.07 bits per heavy atom. The highest BCUT2D eigenvalue weighted by molar-refractivity contribution is 7.88. The molecule has 1 heterocycles. The van der Waals surface area contributed by atoms with Crippen molar-refractivity contribution in [3.05, 3.63) is 30.1 Å². The van der Waals surface area contributed by atoms with E-state index in [9.17, 15) is 8.42 Å². The zero-order chi connectivity index (χ0) is 10.6. The molecule has 0 aliphatic carbocycles. The lowest BCUT2D eigenvalue weighted by atomic mass is 10.1. The molecule has 0 spiro atoms. The van der Waals surface area contributed by atoms with E-state index in [0.29, 0.717) is 5.56 Å². The van der Waals surface area contributed by atoms with Crippen molar-refractivity contribution in [1.82, 2.24) is 9.71 Å². The summed E-state index contributed by atoms with van der Waals surface area (Å²) in [7, 11) is -3.38. The van der Waals surface area contributed by atoms with Gasteiger partial charge in [-0.2, -0.15) is 9.98 Å². The van der Waals surface area contributed by atoms with Crippen molar-refractivity contribution in [2.75, 3.05) is 6.26 Å². The van der Waals surface area contributed by atoms with Crippen LogP contribution in [0.2, 0.25) is 0 Å². The van der Waals surface area contributed by atoms with Gasteiger partial charge in [-0.1, -0.05) is 0 Å². The topological polar surface area (TPSA) is 82.9 Å². The molecule has 0 saturated carbocycles. The minimum Gasteiger partial charge on any atom is -0.265 e. The van der Waals surface area contributed by atoms with Gasteiger partial charge in [0.1, 0.15) is 6.04 Å². The Labute approximate surface area is 82.4 Å². The molecule has 0 aliphatic rings. The van der Waals surface area contributed by atoms with Crippen molar-refractivity contribution in [3.63, 3.8) is 0 Å². The number of pyridine rings is 1. The second-order valence-electron chi connectivity index (χ2n) is 2.73. The molecule has 1 rings (SSSR count). The Morgan fingerprint density at radius 3 is 2.50 bits per heavy atom. The second kappa shape index (κ2) is 4.17. The van der Waals surface area contributed by atoms with E-state index in [-0.39, 0.29) is 0 Å². The smallest absolute Gasteiger partial charge is 0.210 e. The Balaban J connectivity index is 2.91. The Morgan fingerprint density at radius 1 is 1.50 bits per heavy atom. The maximum atomic E-state index is 10.9. The highest BCUT2D eigenvalue weighted by Gasteiger charge is 2.14. The molecule has 0 bridgehead atoms. The first-order chi connectivity index (χ1) is 6.53. The summed E-state index contributed by atoms with van der Waals surface area (Å²) in [5, 5.41) is 8.75. The first-order valence-corrected chi connectivity index (χ1v) is 5.69. The molecule has 14 heavy (non-hydrogen) atoms. The summed E-state index contributed by atoms with van der Waals surface area (Å²) in [6.45, 7) is 0. The molecule has 1 aromatic rings. The molecular weight excluding hydrogens is 202 g/mol. The van der Waals surface area contributed by atoms with Gasteiger partial charge in [0.2, 0.25) is 10.0 Å². The van der Waals surface area contributed by atoms with Crippen LogP contribution in [0.15, 0.2) is 24.5 Å². The van der Waals surface area contributed by atoms with Gasteiger partial charge >= 0.3 is 0 Å². The number of nitrogens with one attached hydrogen (secondary N) is 1. The Kier molecular flexibility index (Phi) is 3.17. The van der Waals surface area contributed by atoms with Crippen molar-refractivity contribution >= 4 is 10.0 Å². The molecule has 0 aliphatic heterocycles. The van der Waals surface area contributed by atoms with Gasteiger partial charge < -0.3 is 0 Å². The van der Waals surface area contributed by atoms with Gasteiger partial charge in [0.25, 0.3) is 0 Å². The molecule has 6 heteroatoms. The number of nitrogens with zero attached hydrogens (tertiary/aromatic N) is 2. The van der Waals surface area contributed by atoms with Crippen LogP contribution in [0.5, 0.6) is 0 Å². The van der Waals surface area contributed by atoms with Crippen molar-refractivity contribution in [2.45, 2.75) is 6.04 Å². The SMILES string of the molecule is CS(=O)(=O)NC(C#N)c1ccncc1. The molecule has 1 atom stereocenters. The van der Waals surface area contributed by atoms with E-state index in [1.807, 2.05) is 6.07 Å². The summed E-state index contributed by atoms with van der Waals surface area (Å²) in [6, 6.07) is 4.18. The van der Waals surface area contributed by atoms with E-state index in [4.69, 9.17) is 5.26 Å². The van der Waals surface area contributed by atoms with Crippen LogP contribution in [0.3, 0.4) is 0 Å². The minimum absolute atomic E-state index is 0.577. The number of hydrogen-bond acceptors (Lipinski definition) is 4. The fourth-order valence-electron chi connectivity index (χ4n) is 0.939. The van der Waals surface area contributed by atoms with Crippen LogP contribution in [0.4, 0.5) is 0 Å². The third-order valence-electron chi connectivity index (χ3n) is 1.50. The number of hydrogen-bond donors (Lipinski definition) is 1. The van der Waals surface area contributed by atoms with Crippen molar-refractivity contribution in [2.24, 2.45) is 0 Å². The first-order valence-electron chi connectivity index (χ1n) is 3.80. The van der Waals surface area contributed by atoms with Crippen LogP contribution in [0, 0.1) is 11.3 Å². The molecule has 0 aromatic carbocycles. The van der Waals surface area contributed by atoms with Crippen molar-refractivity contribution in [1.29, 1.82) is 5.26 Å². The van der Waals surface area contributed by atoms with E-state index in [1.54, 1.807) is 12.1 Å². The quantitative estimate of drug-likeness (QED) is 0.774. The lowest BCUT2D eigenvalue weighted by Crippen LogP contribution is -2.26. The van der Waals surface area contributed by atoms with Crippen LogP contribution in [-0.4, -0.2) is 19.7 Å². The predicted octanol–water partition coefficient (Wildman–Crippen LogP) is 0.195. The molecule has 0 saturated heterocycles. The largest absolute Gasteiger partial charge is 0.265 e. The molecule has 5 nitrogen and oxygen atoms in total. The molecule has 0 amide bonds. The van der Waals surface area contributed by atoms with Crippen molar-refractivity contribution in [3.8, 4) is 6.07 Å². The van der Waals surface area contributed by atoms with Crippen molar-refractivity contribution < 1.29 is 8.42 Å². The molecule has 0 radical (unpaired) electrons. The summed E-state index contributed by atoms with van der Waals surface area (Å²) in [5.41, 5.74) is 0.577. The monoisotopic (exact) mass is 211 g/mol. The molecule has 1 unspecified atom stereocenters. The third kappa shape index (κ3) is 3.12. The fraction of sp³-hybridized carbons (Fsp3) is 0.250. The zero-order valence-electron chi connectivity index (χ0n) is 7.51. The van der Waals surface area contributed by atoms with Crippen LogP contribution in [0.1, 0.15) is 11.6 Å². The molecule has 1 aromatic heterocycles. The molecule has 1 N–H and O–H groups in total. The highest BCUT2D eigenvalue weighted by atomic mass is 32.2. The maximum absolute atomic E-state index is 10.9. The lowest BCUT2D eigenvalue weighted by Gasteiger charge is -2.08. The van der Waals surface area contributed by atoms with Gasteiger partial charge in [-0.25, -0.2) is 8.42 Å². The van der Waals surface area contributed by atoms with Gasteiger partial charge in [-0.05, 0) is 17.7 Å². The Hall–Kier alpha value is -1.45. The zero-order valence-corrected chi connectivity index (χ0v) is 8.32. The second-order valence-corrected chi connectivity index (χ2v) is 4.51. The summed E-state index contributed by atoms with van der Waals surface area (Å²) in [6.07, 6.45) is 4.02. The van der Waals surface area contributed by atoms with E-state index < -0.39 is 16.1 Å². The van der Waals surface area contributed by atoms with Crippen LogP contribution < -0.4 is 4.72 Å². The summed E-state index contributed by atoms with van der Waals surface area (Å²) >= 11 is 0.